The van der Waals surface area contributed by atoms with Gasteiger partial charge in [0.05, 0.1) is 15.3 Å². The van der Waals surface area contributed by atoms with Crippen molar-refractivity contribution in [1.82, 2.24) is 19.8 Å². The number of aryl methyl sites for hydroxylation is 1. The summed E-state index contributed by atoms with van der Waals surface area (Å²) in [6.45, 7) is 7.25. The fourth-order valence-corrected chi connectivity index (χ4v) is 9.86. The normalized spacial score (nSPS) is 14.2. The van der Waals surface area contributed by atoms with Gasteiger partial charge in [0.2, 0.25) is 0 Å². The molecule has 7 rings (SSSR count). The molecule has 3 heterocycles. The first-order chi connectivity index (χ1) is 27.5. The summed E-state index contributed by atoms with van der Waals surface area (Å²) >= 11 is 3.48. The maximum atomic E-state index is 13.7. The van der Waals surface area contributed by atoms with Crippen LogP contribution in [0.1, 0.15) is 16.9 Å². The second kappa shape index (κ2) is 18.0. The van der Waals surface area contributed by atoms with Crippen molar-refractivity contribution in [2.24, 2.45) is 0 Å². The number of hydrogen-bond donors (Lipinski definition) is 2. The van der Waals surface area contributed by atoms with Gasteiger partial charge in [-0.1, -0.05) is 42.5 Å². The zero-order chi connectivity index (χ0) is 39.9. The van der Waals surface area contributed by atoms with Crippen LogP contribution in [-0.2, 0) is 16.6 Å². The van der Waals surface area contributed by atoms with Gasteiger partial charge in [-0.05, 0) is 99.7 Å². The van der Waals surface area contributed by atoms with Crippen LogP contribution in [0.4, 0.5) is 22.9 Å². The zero-order valence-corrected chi connectivity index (χ0v) is 34.6. The molecule has 296 valence electrons. The quantitative estimate of drug-likeness (QED) is 0.0555. The summed E-state index contributed by atoms with van der Waals surface area (Å²) in [7, 11) is -0.296. The molecule has 1 unspecified atom stereocenters. The molecule has 0 amide bonds. The molecule has 57 heavy (non-hydrogen) atoms. The van der Waals surface area contributed by atoms with E-state index in [1.165, 1.54) is 39.3 Å². The topological polar surface area (TPSA) is 137 Å². The number of nitrogens with zero attached hydrogens (tertiary/aromatic N) is 6. The van der Waals surface area contributed by atoms with Gasteiger partial charge in [-0.15, -0.1) is 23.1 Å². The molecule has 12 nitrogen and oxygen atoms in total. The first-order valence-electron chi connectivity index (χ1n) is 18.8. The lowest BCUT2D eigenvalue weighted by atomic mass is 10.1. The smallest absolute Gasteiger partial charge is 0.293 e. The van der Waals surface area contributed by atoms with E-state index in [-0.39, 0.29) is 28.1 Å². The maximum Gasteiger partial charge on any atom is 0.293 e. The Kier molecular flexibility index (Phi) is 12.7. The lowest BCUT2D eigenvalue weighted by Gasteiger charge is -2.36. The Balaban J connectivity index is 1.02. The van der Waals surface area contributed by atoms with Gasteiger partial charge in [0.25, 0.3) is 15.7 Å². The first kappa shape index (κ1) is 40.1. The van der Waals surface area contributed by atoms with E-state index in [1.807, 2.05) is 74.0 Å². The van der Waals surface area contributed by atoms with Crippen LogP contribution >= 0.6 is 23.1 Å². The molecule has 15 heteroatoms. The van der Waals surface area contributed by atoms with Gasteiger partial charge in [0.15, 0.2) is 5.82 Å². The Hall–Kier alpha value is -5.06. The van der Waals surface area contributed by atoms with Crippen molar-refractivity contribution in [2.45, 2.75) is 35.7 Å². The summed E-state index contributed by atoms with van der Waals surface area (Å²) in [5.74, 6) is 0.767. The number of thiophene rings is 1. The van der Waals surface area contributed by atoms with Crippen LogP contribution in [0.3, 0.4) is 0 Å². The summed E-state index contributed by atoms with van der Waals surface area (Å²) in [5, 5.41) is 16.2. The highest BCUT2D eigenvalue weighted by molar-refractivity contribution is 7.99. The SMILES string of the molecule is Cc1ccc(-c2ccccc2CN2CCN(c3ccc4c(NS(=O)(=O)c5ccc(NC(CCN(C)C)CSc6ccccc6)c([N+](=O)[O-])c5)ncnc4c3)CC2)s1. The third-order valence-electron chi connectivity index (χ3n) is 9.96. The summed E-state index contributed by atoms with van der Waals surface area (Å²) in [6, 6.07) is 32.5. The van der Waals surface area contributed by atoms with Crippen molar-refractivity contribution >= 4 is 66.9 Å². The van der Waals surface area contributed by atoms with Crippen LogP contribution in [0.25, 0.3) is 21.3 Å². The number of anilines is 3. The average Bonchev–Trinajstić information content (AvgIpc) is 3.65. The third-order valence-corrected chi connectivity index (χ3v) is 13.5. The van der Waals surface area contributed by atoms with Gasteiger partial charge >= 0.3 is 0 Å². The number of nitro groups is 1. The van der Waals surface area contributed by atoms with E-state index in [9.17, 15) is 18.5 Å². The largest absolute Gasteiger partial charge is 0.376 e. The fourth-order valence-electron chi connectivity index (χ4n) is 6.89. The minimum atomic E-state index is -4.25. The number of thioether (sulfide) groups is 1. The van der Waals surface area contributed by atoms with E-state index >= 15 is 0 Å². The number of fused-ring (bicyclic) bond motifs is 1. The number of nitro benzene ring substituents is 1. The third kappa shape index (κ3) is 10.1. The van der Waals surface area contributed by atoms with Crippen molar-refractivity contribution in [3.8, 4) is 10.4 Å². The molecule has 4 aromatic carbocycles. The predicted molar refractivity (Wildman–Crippen MR) is 233 cm³/mol. The molecule has 2 N–H and O–H groups in total. The van der Waals surface area contributed by atoms with E-state index in [2.05, 4.69) is 78.0 Å². The van der Waals surface area contributed by atoms with Crippen LogP contribution in [0.2, 0.25) is 0 Å². The first-order valence-corrected chi connectivity index (χ1v) is 22.1. The highest BCUT2D eigenvalue weighted by Gasteiger charge is 2.25. The molecule has 2 aromatic heterocycles. The Morgan fingerprint density at radius 2 is 1.70 bits per heavy atom. The molecule has 1 saturated heterocycles. The van der Waals surface area contributed by atoms with Crippen molar-refractivity contribution in [3.63, 3.8) is 0 Å². The minimum Gasteiger partial charge on any atom is -0.376 e. The summed E-state index contributed by atoms with van der Waals surface area (Å²) in [5.41, 5.74) is 4.14. The summed E-state index contributed by atoms with van der Waals surface area (Å²) < 4.78 is 30.0. The fraction of sp³-hybridized carbons (Fsp3) is 0.286. The van der Waals surface area contributed by atoms with Gasteiger partial charge < -0.3 is 15.1 Å². The molecule has 1 fully saturated rings. The van der Waals surface area contributed by atoms with Crippen LogP contribution < -0.4 is 14.9 Å². The monoisotopic (exact) mass is 822 g/mol. The molecule has 0 saturated carbocycles. The van der Waals surface area contributed by atoms with E-state index in [4.69, 9.17) is 0 Å². The maximum absolute atomic E-state index is 13.7. The van der Waals surface area contributed by atoms with E-state index < -0.39 is 14.9 Å². The molecule has 1 aliphatic heterocycles. The molecule has 1 atom stereocenters. The van der Waals surface area contributed by atoms with Crippen LogP contribution in [0.5, 0.6) is 0 Å². The molecule has 0 aliphatic carbocycles. The molecule has 6 aromatic rings. The van der Waals surface area contributed by atoms with Crippen LogP contribution in [0, 0.1) is 17.0 Å². The van der Waals surface area contributed by atoms with Crippen molar-refractivity contribution in [2.75, 3.05) is 67.5 Å². The summed E-state index contributed by atoms with van der Waals surface area (Å²) in [4.78, 5) is 30.8. The second-order valence-corrected chi connectivity index (χ2v) is 18.4. The number of sulfonamides is 1. The van der Waals surface area contributed by atoms with Crippen molar-refractivity contribution < 1.29 is 13.3 Å². The Bertz CT molecular complexity index is 2440. The number of nitrogens with one attached hydrogen (secondary N) is 2. The van der Waals surface area contributed by atoms with Gasteiger partial charge in [-0.2, -0.15) is 0 Å². The van der Waals surface area contributed by atoms with E-state index in [1.54, 1.807) is 11.8 Å². The molecule has 1 aliphatic rings. The average molecular weight is 823 g/mol. The Labute approximate surface area is 342 Å². The molecular weight excluding hydrogens is 777 g/mol. The van der Waals surface area contributed by atoms with Gasteiger partial charge in [-0.3, -0.25) is 19.7 Å². The molecule has 0 spiro atoms. The number of aromatic nitrogens is 2. The van der Waals surface area contributed by atoms with Gasteiger partial charge in [0, 0.05) is 76.3 Å². The van der Waals surface area contributed by atoms with Crippen LogP contribution in [-0.4, -0.2) is 91.7 Å². The summed E-state index contributed by atoms with van der Waals surface area (Å²) in [6.07, 6.45) is 2.06. The lowest BCUT2D eigenvalue weighted by molar-refractivity contribution is -0.384. The molecular formula is C42H46N8O4S3. The van der Waals surface area contributed by atoms with Gasteiger partial charge in [0.1, 0.15) is 12.0 Å². The molecule has 0 bridgehead atoms. The van der Waals surface area contributed by atoms with Crippen LogP contribution in [0.15, 0.2) is 119 Å². The van der Waals surface area contributed by atoms with Crippen molar-refractivity contribution in [3.05, 3.63) is 130 Å². The lowest BCUT2D eigenvalue weighted by Crippen LogP contribution is -2.46. The number of piperazine rings is 1. The number of rotatable bonds is 16. The number of hydrogen-bond acceptors (Lipinski definition) is 12. The minimum absolute atomic E-state index is 0.0995. The Morgan fingerprint density at radius 1 is 0.930 bits per heavy atom. The molecule has 0 radical (unpaired) electrons. The van der Waals surface area contributed by atoms with Gasteiger partial charge in [-0.25, -0.2) is 18.4 Å². The highest BCUT2D eigenvalue weighted by Crippen LogP contribution is 2.34. The van der Waals surface area contributed by atoms with E-state index in [0.29, 0.717) is 16.7 Å². The highest BCUT2D eigenvalue weighted by atomic mass is 32.2. The standard InChI is InChI=1S/C42H46N8O4S3/c1-30-13-18-41(56-30)36-12-8-7-9-31(36)27-48-21-23-49(24-22-48)33-14-16-37-39(25-33)43-29-44-42(37)46-57(53,54)35-15-17-38(40(26-35)50(51)52)45-32(19-20-47(2)3)28-55-34-10-5-4-6-11-34/h4-18,25-26,29,32,45H,19-24,27-28H2,1-3H3,(H,43,44,46). The predicted octanol–water partition coefficient (Wildman–Crippen LogP) is 8.22. The second-order valence-electron chi connectivity index (χ2n) is 14.4. The number of benzene rings is 4. The Morgan fingerprint density at radius 3 is 2.44 bits per heavy atom. The zero-order valence-electron chi connectivity index (χ0n) is 32.2. The van der Waals surface area contributed by atoms with E-state index in [0.717, 1.165) is 62.3 Å². The van der Waals surface area contributed by atoms with Crippen molar-refractivity contribution in [1.29, 1.82) is 0 Å².